The monoisotopic (exact) mass is 396 g/mol. The highest BCUT2D eigenvalue weighted by Crippen LogP contribution is 2.30. The van der Waals surface area contributed by atoms with Gasteiger partial charge in [-0.2, -0.15) is 0 Å². The van der Waals surface area contributed by atoms with E-state index in [9.17, 15) is 4.79 Å². The van der Waals surface area contributed by atoms with Crippen molar-refractivity contribution < 1.29 is 0 Å². The second-order valence-corrected chi connectivity index (χ2v) is 7.44. The topological polar surface area (TPSA) is 63.6 Å². The van der Waals surface area contributed by atoms with Crippen LogP contribution in [0.3, 0.4) is 0 Å². The van der Waals surface area contributed by atoms with Crippen LogP contribution >= 0.6 is 23.4 Å². The molecule has 0 radical (unpaired) electrons. The third-order valence-electron chi connectivity index (χ3n) is 4.36. The Morgan fingerprint density at radius 1 is 1.07 bits per heavy atom. The van der Waals surface area contributed by atoms with Crippen LogP contribution in [0.4, 0.5) is 0 Å². The fourth-order valence-corrected chi connectivity index (χ4v) is 4.26. The zero-order valence-electron chi connectivity index (χ0n) is 14.4. The number of nitrogens with zero attached hydrogens (tertiary/aromatic N) is 3. The Balaban J connectivity index is 1.54. The maximum Gasteiger partial charge on any atom is 0.343 e. The molecule has 4 aromatic rings. The zero-order valence-corrected chi connectivity index (χ0v) is 16.0. The van der Waals surface area contributed by atoms with Gasteiger partial charge < -0.3 is 0 Å². The molecular weight excluding hydrogens is 380 g/mol. The lowest BCUT2D eigenvalue weighted by atomic mass is 10.1. The highest BCUT2D eigenvalue weighted by molar-refractivity contribution is 7.98. The molecule has 5 nitrogen and oxygen atoms in total. The first-order valence-corrected chi connectivity index (χ1v) is 9.93. The van der Waals surface area contributed by atoms with E-state index >= 15 is 0 Å². The van der Waals surface area contributed by atoms with Crippen molar-refractivity contribution in [2.75, 3.05) is 0 Å². The zero-order chi connectivity index (χ0) is 18.6. The molecule has 2 aromatic carbocycles. The molecule has 0 aliphatic heterocycles. The van der Waals surface area contributed by atoms with Crippen LogP contribution < -0.4 is 5.69 Å². The first-order valence-electron chi connectivity index (χ1n) is 8.56. The van der Waals surface area contributed by atoms with E-state index in [1.807, 2.05) is 42.5 Å². The molecule has 136 valence electrons. The number of aromatic nitrogens is 4. The van der Waals surface area contributed by atoms with E-state index in [1.54, 1.807) is 10.8 Å². The lowest BCUT2D eigenvalue weighted by molar-refractivity contribution is 0.616. The molecule has 2 heterocycles. The molecule has 0 spiro atoms. The summed E-state index contributed by atoms with van der Waals surface area (Å²) in [5.74, 6) is 0.586. The van der Waals surface area contributed by atoms with E-state index in [0.29, 0.717) is 22.5 Å². The SMILES string of the molecule is O=c1[nH]nc(SCc2c(Cl)ccc3cccnc23)n1CCc1ccccc1. The number of nitrogens with one attached hydrogen (secondary N) is 1. The molecule has 0 saturated carbocycles. The van der Waals surface area contributed by atoms with E-state index in [-0.39, 0.29) is 5.69 Å². The molecule has 1 N–H and O–H groups in total. The second-order valence-electron chi connectivity index (χ2n) is 6.09. The minimum atomic E-state index is -0.199. The predicted octanol–water partition coefficient (Wildman–Crippen LogP) is 4.31. The van der Waals surface area contributed by atoms with Gasteiger partial charge in [-0.1, -0.05) is 65.8 Å². The number of pyridine rings is 1. The Kier molecular flexibility index (Phi) is 5.27. The molecule has 0 bridgehead atoms. The number of thioether (sulfide) groups is 1. The molecule has 0 aliphatic carbocycles. The minimum absolute atomic E-state index is 0.199. The van der Waals surface area contributed by atoms with Crippen molar-refractivity contribution in [3.05, 3.63) is 87.4 Å². The van der Waals surface area contributed by atoms with Gasteiger partial charge in [-0.15, -0.1) is 5.10 Å². The number of hydrogen-bond acceptors (Lipinski definition) is 4. The summed E-state index contributed by atoms with van der Waals surface area (Å²) in [7, 11) is 0. The lowest BCUT2D eigenvalue weighted by Crippen LogP contribution is -2.18. The van der Waals surface area contributed by atoms with Gasteiger partial charge in [-0.05, 0) is 24.1 Å². The van der Waals surface area contributed by atoms with Crippen LogP contribution in [-0.4, -0.2) is 19.7 Å². The van der Waals surface area contributed by atoms with Gasteiger partial charge in [-0.25, -0.2) is 9.89 Å². The third kappa shape index (κ3) is 3.91. The molecular formula is C20H17ClN4OS. The first kappa shape index (κ1) is 17.8. The average Bonchev–Trinajstić information content (AvgIpc) is 3.06. The van der Waals surface area contributed by atoms with Crippen LogP contribution in [0.5, 0.6) is 0 Å². The van der Waals surface area contributed by atoms with E-state index in [4.69, 9.17) is 11.6 Å². The Hall–Kier alpha value is -2.57. The van der Waals surface area contributed by atoms with Crippen molar-refractivity contribution in [3.63, 3.8) is 0 Å². The Morgan fingerprint density at radius 3 is 2.78 bits per heavy atom. The van der Waals surface area contributed by atoms with E-state index < -0.39 is 0 Å². The van der Waals surface area contributed by atoms with Crippen LogP contribution in [-0.2, 0) is 18.7 Å². The molecule has 7 heteroatoms. The van der Waals surface area contributed by atoms with Gasteiger partial charge in [-0.3, -0.25) is 9.55 Å². The summed E-state index contributed by atoms with van der Waals surface area (Å²) in [4.78, 5) is 16.6. The van der Waals surface area contributed by atoms with Crippen LogP contribution in [0.1, 0.15) is 11.1 Å². The Morgan fingerprint density at radius 2 is 1.93 bits per heavy atom. The first-order chi connectivity index (χ1) is 13.2. The predicted molar refractivity (Wildman–Crippen MR) is 109 cm³/mol. The normalized spacial score (nSPS) is 11.1. The standard InChI is InChI=1S/C20H17ClN4OS/c21-17-9-8-15-7-4-11-22-18(15)16(17)13-27-20-24-23-19(26)25(20)12-10-14-5-2-1-3-6-14/h1-9,11H,10,12-13H2,(H,23,26). The van der Waals surface area contributed by atoms with Gasteiger partial charge in [0.1, 0.15) is 0 Å². The number of benzene rings is 2. The van der Waals surface area contributed by atoms with Gasteiger partial charge in [0.2, 0.25) is 0 Å². The van der Waals surface area contributed by atoms with Gasteiger partial charge >= 0.3 is 5.69 Å². The number of H-pyrrole nitrogens is 1. The third-order valence-corrected chi connectivity index (χ3v) is 5.72. The number of rotatable bonds is 6. The van der Waals surface area contributed by atoms with E-state index in [1.165, 1.54) is 17.3 Å². The van der Waals surface area contributed by atoms with Crippen molar-refractivity contribution in [3.8, 4) is 0 Å². The average molecular weight is 397 g/mol. The molecule has 0 amide bonds. The number of hydrogen-bond donors (Lipinski definition) is 1. The number of aromatic amines is 1. The largest absolute Gasteiger partial charge is 0.343 e. The summed E-state index contributed by atoms with van der Waals surface area (Å²) >= 11 is 7.89. The number of aryl methyl sites for hydroxylation is 1. The summed E-state index contributed by atoms with van der Waals surface area (Å²) in [5, 5.41) is 9.09. The molecule has 27 heavy (non-hydrogen) atoms. The molecule has 0 atom stereocenters. The maximum atomic E-state index is 12.1. The Bertz CT molecular complexity index is 1120. The summed E-state index contributed by atoms with van der Waals surface area (Å²) in [5.41, 5.74) is 2.81. The van der Waals surface area contributed by atoms with Crippen molar-refractivity contribution >= 4 is 34.3 Å². The minimum Gasteiger partial charge on any atom is -0.270 e. The fraction of sp³-hybridized carbons (Fsp3) is 0.150. The van der Waals surface area contributed by atoms with E-state index in [2.05, 4.69) is 27.3 Å². The van der Waals surface area contributed by atoms with Crippen LogP contribution in [0.15, 0.2) is 70.7 Å². The quantitative estimate of drug-likeness (QED) is 0.493. The van der Waals surface area contributed by atoms with Crippen molar-refractivity contribution in [2.24, 2.45) is 0 Å². The summed E-state index contributed by atoms with van der Waals surface area (Å²) in [6.07, 6.45) is 2.53. The summed E-state index contributed by atoms with van der Waals surface area (Å²) in [6.45, 7) is 0.573. The van der Waals surface area contributed by atoms with Crippen LogP contribution in [0, 0.1) is 0 Å². The molecule has 0 fully saturated rings. The fourth-order valence-electron chi connectivity index (χ4n) is 2.95. The number of fused-ring (bicyclic) bond motifs is 1. The highest BCUT2D eigenvalue weighted by Gasteiger charge is 2.13. The molecule has 4 rings (SSSR count). The van der Waals surface area contributed by atoms with Gasteiger partial charge in [0, 0.05) is 34.5 Å². The van der Waals surface area contributed by atoms with Crippen LogP contribution in [0.25, 0.3) is 10.9 Å². The summed E-state index contributed by atoms with van der Waals surface area (Å²) in [6, 6.07) is 17.9. The molecule has 2 aromatic heterocycles. The Labute approximate surface area is 165 Å². The van der Waals surface area contributed by atoms with E-state index in [0.717, 1.165) is 22.9 Å². The van der Waals surface area contributed by atoms with Gasteiger partial charge in [0.25, 0.3) is 0 Å². The van der Waals surface area contributed by atoms with Crippen molar-refractivity contribution in [2.45, 2.75) is 23.9 Å². The lowest BCUT2D eigenvalue weighted by Gasteiger charge is -2.09. The van der Waals surface area contributed by atoms with Crippen molar-refractivity contribution in [1.29, 1.82) is 0 Å². The second kappa shape index (κ2) is 7.98. The summed E-state index contributed by atoms with van der Waals surface area (Å²) < 4.78 is 1.67. The van der Waals surface area contributed by atoms with Crippen molar-refractivity contribution in [1.82, 2.24) is 19.7 Å². The van der Waals surface area contributed by atoms with Crippen LogP contribution in [0.2, 0.25) is 5.02 Å². The molecule has 0 unspecified atom stereocenters. The smallest absolute Gasteiger partial charge is 0.270 e. The van der Waals surface area contributed by atoms with Gasteiger partial charge in [0.15, 0.2) is 5.16 Å². The van der Waals surface area contributed by atoms with Gasteiger partial charge in [0.05, 0.1) is 5.52 Å². The highest BCUT2D eigenvalue weighted by atomic mass is 35.5. The molecule has 0 aliphatic rings. The number of halogens is 1. The maximum absolute atomic E-state index is 12.1. The molecule has 0 saturated heterocycles.